The summed E-state index contributed by atoms with van der Waals surface area (Å²) in [5.74, 6) is -1.02. The Balaban J connectivity index is 0.000000732. The molecule has 0 aliphatic heterocycles. The Bertz CT molecular complexity index is 4530. The largest absolute Gasteiger partial charge is 0.504 e. The molecule has 0 heterocycles. The molecule has 0 radical (unpaired) electrons. The quantitative estimate of drug-likeness (QED) is 0.00767. The minimum Gasteiger partial charge on any atom is -0.504 e. The van der Waals surface area contributed by atoms with Gasteiger partial charge in [0.05, 0.1) is 4.92 Å². The van der Waals surface area contributed by atoms with Gasteiger partial charge < -0.3 is 139 Å². The number of hydrogen-bond donors (Lipinski definition) is 18. The highest BCUT2D eigenvalue weighted by atomic mass is 35.5. The first-order valence-electron chi connectivity index (χ1n) is 39.6. The number of phenols is 2. The van der Waals surface area contributed by atoms with E-state index in [0.717, 1.165) is 45.4 Å². The van der Waals surface area contributed by atoms with Crippen LogP contribution in [0.15, 0.2) is 182 Å². The number of nitrogens with zero attached hydrogens (tertiary/aromatic N) is 1. The first-order valence-corrected chi connectivity index (χ1v) is 40.4. The van der Waals surface area contributed by atoms with Crippen molar-refractivity contribution in [1.29, 1.82) is 0 Å². The molecule has 8 aromatic carbocycles. The molecular weight excluding hydrogens is 1710 g/mol. The Morgan fingerprint density at radius 3 is 1.05 bits per heavy atom. The highest BCUT2D eigenvalue weighted by molar-refractivity contribution is 6.30. The Kier molecular flexibility index (Phi) is 57.2. The minimum atomic E-state index is -0.876. The molecule has 0 fully saturated rings. The van der Waals surface area contributed by atoms with Gasteiger partial charge in [0.1, 0.15) is 64.5 Å². The molecule has 0 saturated heterocycles. The van der Waals surface area contributed by atoms with Gasteiger partial charge in [-0.15, -0.1) is 0 Å². The monoisotopic (exact) mass is 1830 g/mol. The summed E-state index contributed by atoms with van der Waals surface area (Å²) < 4.78 is 63.2. The minimum absolute atomic E-state index is 0.0103. The molecule has 0 aliphatic rings. The van der Waals surface area contributed by atoms with E-state index in [1.54, 1.807) is 60.7 Å². The number of hydrogen-bond acceptors (Lipinski definition) is 28. The number of non-ortho nitro benzene ring substituents is 1. The average molecular weight is 1830 g/mol. The van der Waals surface area contributed by atoms with E-state index >= 15 is 0 Å². The Morgan fingerprint density at radius 2 is 0.703 bits per heavy atom. The van der Waals surface area contributed by atoms with Gasteiger partial charge in [-0.2, -0.15) is 0 Å². The van der Waals surface area contributed by atoms with Gasteiger partial charge in [-0.25, -0.2) is 47.1 Å². The van der Waals surface area contributed by atoms with E-state index in [1.807, 2.05) is 80.6 Å². The van der Waals surface area contributed by atoms with Crippen molar-refractivity contribution in [3.63, 3.8) is 0 Å². The van der Waals surface area contributed by atoms with Gasteiger partial charge in [-0.3, -0.25) is 10.1 Å². The molecule has 8 atom stereocenters. The third-order valence-electron chi connectivity index (χ3n) is 16.7. The number of nitrogens with one attached hydrogen (secondary N) is 2. The first kappa shape index (κ1) is 113. The molecule has 8 unspecified atom stereocenters. The highest BCUT2D eigenvalue weighted by Crippen LogP contribution is 2.26. The number of alkyl carbamates (subject to hydrolysis) is 2. The molecule has 128 heavy (non-hydrogen) atoms. The summed E-state index contributed by atoms with van der Waals surface area (Å²) in [6.07, 6.45) is -0.797. The van der Waals surface area contributed by atoms with Crippen LogP contribution >= 0.6 is 23.2 Å². The topological polar surface area (TPSA) is 682 Å². The molecule has 702 valence electrons. The number of nitrogens with two attached hydrogens (primary N) is 14. The van der Waals surface area contributed by atoms with Crippen molar-refractivity contribution in [3.05, 3.63) is 275 Å². The molecular formula is C87H121Cl2F2N17O20. The Morgan fingerprint density at radius 1 is 0.383 bits per heavy atom. The van der Waals surface area contributed by atoms with E-state index in [1.165, 1.54) is 66.2 Å². The maximum atomic E-state index is 13.2. The van der Waals surface area contributed by atoms with E-state index in [0.29, 0.717) is 73.5 Å². The van der Waals surface area contributed by atoms with E-state index in [2.05, 4.69) is 65.0 Å². The number of halogens is 4. The number of ether oxygens (including phenoxy) is 8. The second-order valence-corrected chi connectivity index (χ2v) is 29.4. The first-order chi connectivity index (χ1) is 60.4. The van der Waals surface area contributed by atoms with Gasteiger partial charge in [-0.05, 0) is 189 Å². The van der Waals surface area contributed by atoms with Crippen LogP contribution in [-0.2, 0) is 89.3 Å². The number of primary amides is 6. The van der Waals surface area contributed by atoms with Crippen LogP contribution < -0.4 is 90.9 Å². The zero-order chi connectivity index (χ0) is 96.2. The summed E-state index contributed by atoms with van der Waals surface area (Å²) in [7, 11) is 1.52. The number of rotatable bonds is 35. The van der Waals surface area contributed by atoms with Crippen molar-refractivity contribution < 1.29 is 100 Å². The zero-order valence-corrected chi connectivity index (χ0v) is 73.5. The Labute approximate surface area is 751 Å². The fourth-order valence-electron chi connectivity index (χ4n) is 10.4. The fraction of sp³-hybridized carbons (Fsp3) is 0.356. The second-order valence-electron chi connectivity index (χ2n) is 28.5. The van der Waals surface area contributed by atoms with Crippen molar-refractivity contribution in [2.75, 3.05) is 66.4 Å². The van der Waals surface area contributed by atoms with Gasteiger partial charge in [0, 0.05) is 84.1 Å². The van der Waals surface area contributed by atoms with Gasteiger partial charge in [0.15, 0.2) is 11.5 Å². The molecule has 0 saturated carbocycles. The SMILES string of the molecule is CCCNC(=O)OCC(N)Cc1ccc(Cl)cc1.CNC(=O)OCC(N)Cc1ccc(C)cc1.Cc1ccc(CC(N)COC(N)=O)cc1C.NC(=O)OCC(N)Cc1ccc(Cl)cc1.NC(=O)OCC(N)Cc1ccc(O)c(O)c1.NC(=O)OCC(N)Cc1ccc([N+](=O)[O-])cc1.NC(=O)OCC(N)Cc1cccc(F)c1.NC(=O)OCC(N)Cc1ccccc1F. The van der Waals surface area contributed by atoms with Crippen molar-refractivity contribution >= 4 is 77.6 Å². The number of carbonyl (C=O) groups excluding carboxylic acids is 8. The number of phenolic OH excluding ortho intramolecular Hbond substituents is 2. The number of carbonyl (C=O) groups is 8. The molecule has 0 bridgehead atoms. The summed E-state index contributed by atoms with van der Waals surface area (Å²) in [5, 5.41) is 35.1. The Hall–Kier alpha value is -13.0. The van der Waals surface area contributed by atoms with E-state index in [4.69, 9.17) is 118 Å². The van der Waals surface area contributed by atoms with Gasteiger partial charge in [0.25, 0.3) is 5.69 Å². The van der Waals surface area contributed by atoms with Crippen LogP contribution in [0.5, 0.6) is 11.5 Å². The lowest BCUT2D eigenvalue weighted by Gasteiger charge is -2.12. The standard InChI is InChI=1S/C13H19ClN2O2.2C12H18N2O2.C10H13ClN2O2.2C10H13FN2O2.C10H13N3O4.C10H14N2O4/c1-2-7-16-13(17)18-9-12(15)8-10-3-5-11(14)6-4-10;1-9-3-5-10(6-4-9)7-11(13)8-16-12(15)14-2;1-8-3-4-10(5-9(8)2)6-11(13)7-16-12(14)15;11-8-3-1-7(2-4-8)5-9(12)6-15-10(13)14;11-8-3-1-2-7(4-8)5-9(12)6-15-10(13)14;11-9-4-2-1-3-7(9)5-8(12)6-15-10(13)14;11-8(6-17-10(12)14)5-7-1-3-9(4-2-7)13(15)16;11-7(5-16-10(12)15)3-6-1-2-8(13)9(14)4-6/h3-6,12H,2,7-9,15H2,1H3,(H,16,17);3-6,11H,7-8,13H2,1-2H3,(H,14,15);3-5,11H,6-7,13H2,1-2H3,(H2,14,15);2*1-4,9H,5-6,12H2,(H2,13,14);1-4,8H,5-6,12H2,(H2,13,14);1-4,8H,5-6,11H2,(H2,12,14);1-2,4,7,13-14H,3,5,11H2,(H2,12,15). The van der Waals surface area contributed by atoms with Gasteiger partial charge in [0.2, 0.25) is 0 Å². The molecule has 8 rings (SSSR count). The lowest BCUT2D eigenvalue weighted by atomic mass is 10.0. The van der Waals surface area contributed by atoms with Crippen LogP contribution in [0.3, 0.4) is 0 Å². The van der Waals surface area contributed by atoms with E-state index in [9.17, 15) is 62.4 Å². The van der Waals surface area contributed by atoms with Crippen LogP contribution in [0.2, 0.25) is 10.0 Å². The normalized spacial score (nSPS) is 12.0. The van der Waals surface area contributed by atoms with Crippen molar-refractivity contribution in [1.82, 2.24) is 10.6 Å². The van der Waals surface area contributed by atoms with Crippen LogP contribution in [0.4, 0.5) is 52.8 Å². The number of benzene rings is 8. The maximum Gasteiger partial charge on any atom is 0.407 e. The average Bonchev–Trinajstić information content (AvgIpc) is 0.876. The lowest BCUT2D eigenvalue weighted by Crippen LogP contribution is -2.33. The highest BCUT2D eigenvalue weighted by Gasteiger charge is 2.16. The van der Waals surface area contributed by atoms with Gasteiger partial charge >= 0.3 is 48.7 Å². The van der Waals surface area contributed by atoms with E-state index in [-0.39, 0.29) is 118 Å². The molecule has 41 heteroatoms. The summed E-state index contributed by atoms with van der Waals surface area (Å²) in [6, 6.07) is 49.6. The number of nitro groups is 1. The summed E-state index contributed by atoms with van der Waals surface area (Å²) in [4.78, 5) is 94.0. The summed E-state index contributed by atoms with van der Waals surface area (Å²) >= 11 is 11.5. The number of aromatic hydroxyl groups is 2. The molecule has 8 aromatic rings. The van der Waals surface area contributed by atoms with Gasteiger partial charge in [-0.1, -0.05) is 151 Å². The van der Waals surface area contributed by atoms with Crippen LogP contribution in [-0.4, -0.2) is 179 Å². The molecule has 0 aromatic heterocycles. The third-order valence-corrected chi connectivity index (χ3v) is 17.2. The fourth-order valence-corrected chi connectivity index (χ4v) is 10.6. The molecule has 37 nitrogen and oxygen atoms in total. The number of nitro benzene ring substituents is 1. The van der Waals surface area contributed by atoms with Crippen LogP contribution in [0.1, 0.15) is 74.5 Å². The second kappa shape index (κ2) is 64.7. The summed E-state index contributed by atoms with van der Waals surface area (Å²) in [6.45, 7) is 9.53. The lowest BCUT2D eigenvalue weighted by molar-refractivity contribution is -0.384. The number of aryl methyl sites for hydroxylation is 3. The van der Waals surface area contributed by atoms with Crippen molar-refractivity contribution in [3.8, 4) is 11.5 Å². The van der Waals surface area contributed by atoms with Crippen molar-refractivity contribution in [2.24, 2.45) is 80.3 Å². The number of amides is 8. The van der Waals surface area contributed by atoms with Crippen LogP contribution in [0.25, 0.3) is 0 Å². The van der Waals surface area contributed by atoms with E-state index < -0.39 is 65.8 Å². The predicted octanol–water partition coefficient (Wildman–Crippen LogP) is 8.34. The maximum absolute atomic E-state index is 13.2. The van der Waals surface area contributed by atoms with Crippen LogP contribution in [0, 0.1) is 42.5 Å². The molecule has 8 amide bonds. The molecule has 0 aliphatic carbocycles. The zero-order valence-electron chi connectivity index (χ0n) is 72.0. The predicted molar refractivity (Wildman–Crippen MR) is 482 cm³/mol. The smallest absolute Gasteiger partial charge is 0.407 e. The molecule has 0 spiro atoms. The third kappa shape index (κ3) is 58.3. The molecule has 32 N–H and O–H groups in total. The summed E-state index contributed by atoms with van der Waals surface area (Å²) in [5.41, 5.74) is 85.7. The van der Waals surface area contributed by atoms with Crippen molar-refractivity contribution in [2.45, 2.75) is 134 Å².